The van der Waals surface area contributed by atoms with Crippen LogP contribution in [0.2, 0.25) is 10.0 Å². The first-order chi connectivity index (χ1) is 15.7. The predicted molar refractivity (Wildman–Crippen MR) is 111 cm³/mol. The van der Waals surface area contributed by atoms with E-state index in [1.165, 1.54) is 6.07 Å². The second-order valence-electron chi connectivity index (χ2n) is 8.00. The third-order valence-electron chi connectivity index (χ3n) is 5.54. The zero-order chi connectivity index (χ0) is 23.6. The van der Waals surface area contributed by atoms with Crippen molar-refractivity contribution in [1.29, 1.82) is 0 Å². The van der Waals surface area contributed by atoms with Crippen LogP contribution < -0.4 is 15.4 Å². The molecule has 33 heavy (non-hydrogen) atoms. The van der Waals surface area contributed by atoms with E-state index in [1.807, 2.05) is 0 Å². The molecule has 4 rings (SSSR count). The number of alkyl halides is 3. The quantitative estimate of drug-likeness (QED) is 0.579. The van der Waals surface area contributed by atoms with Crippen LogP contribution in [0.5, 0.6) is 5.75 Å². The number of carbonyl (C=O) groups is 1. The number of nitrogens with zero attached hydrogens (tertiary/aromatic N) is 2. The molecule has 1 aliphatic heterocycles. The average molecular weight is 509 g/mol. The Kier molecular flexibility index (Phi) is 7.32. The lowest BCUT2D eigenvalue weighted by Gasteiger charge is -2.33. The Hall–Kier alpha value is -2.08. The van der Waals surface area contributed by atoms with Gasteiger partial charge in [0.05, 0.1) is 22.2 Å². The summed E-state index contributed by atoms with van der Waals surface area (Å²) in [6, 6.07) is 4.47. The van der Waals surface area contributed by atoms with Gasteiger partial charge in [0.15, 0.2) is 6.61 Å². The van der Waals surface area contributed by atoms with Crippen LogP contribution in [0.25, 0.3) is 0 Å². The van der Waals surface area contributed by atoms with Gasteiger partial charge in [0, 0.05) is 24.6 Å². The number of nitrogens with one attached hydrogen (secondary N) is 2. The minimum absolute atomic E-state index is 0.0968. The maximum absolute atomic E-state index is 12.2. The number of carbonyl (C=O) groups excluding carboxylic acids is 1. The highest BCUT2D eigenvalue weighted by molar-refractivity contribution is 6.42. The summed E-state index contributed by atoms with van der Waals surface area (Å²) < 4.78 is 51.8. The maximum atomic E-state index is 12.2. The lowest BCUT2D eigenvalue weighted by atomic mass is 9.82. The Balaban J connectivity index is 1.18. The molecule has 1 saturated carbocycles. The summed E-state index contributed by atoms with van der Waals surface area (Å²) in [5.74, 6) is 0.648. The number of hydrogen-bond acceptors (Lipinski definition) is 7. The van der Waals surface area contributed by atoms with E-state index >= 15 is 0 Å². The minimum Gasteiger partial charge on any atom is -0.484 e. The molecule has 2 atom stereocenters. The first-order valence-corrected chi connectivity index (χ1v) is 11.1. The van der Waals surface area contributed by atoms with Gasteiger partial charge in [0.2, 0.25) is 11.8 Å². The molecule has 0 unspecified atom stereocenters. The van der Waals surface area contributed by atoms with Crippen molar-refractivity contribution in [3.8, 4) is 5.75 Å². The van der Waals surface area contributed by atoms with Gasteiger partial charge in [-0.05, 0) is 37.8 Å². The topological polar surface area (TPSA) is 98.5 Å². The molecule has 8 nitrogen and oxygen atoms in total. The number of benzene rings is 1. The molecule has 1 aromatic heterocycles. The zero-order valence-electron chi connectivity index (χ0n) is 17.2. The van der Waals surface area contributed by atoms with E-state index in [9.17, 15) is 18.0 Å². The molecule has 1 aliphatic carbocycles. The van der Waals surface area contributed by atoms with Crippen LogP contribution in [0.3, 0.4) is 0 Å². The highest BCUT2D eigenvalue weighted by Crippen LogP contribution is 2.41. The Morgan fingerprint density at radius 3 is 2.61 bits per heavy atom. The van der Waals surface area contributed by atoms with Gasteiger partial charge in [-0.3, -0.25) is 9.53 Å². The van der Waals surface area contributed by atoms with Crippen molar-refractivity contribution in [3.63, 3.8) is 0 Å². The van der Waals surface area contributed by atoms with Crippen molar-refractivity contribution in [1.82, 2.24) is 20.8 Å². The molecule has 180 valence electrons. The van der Waals surface area contributed by atoms with Crippen LogP contribution in [0.4, 0.5) is 13.2 Å². The molecule has 2 N–H and O–H groups in total. The second kappa shape index (κ2) is 10.0. The largest absolute Gasteiger partial charge is 0.522 e. The number of aromatic nitrogens is 2. The lowest BCUT2D eigenvalue weighted by molar-refractivity contribution is -0.352. The van der Waals surface area contributed by atoms with Crippen LogP contribution in [-0.4, -0.2) is 47.8 Å². The molecule has 2 heterocycles. The van der Waals surface area contributed by atoms with Gasteiger partial charge in [-0.15, -0.1) is 23.4 Å². The van der Waals surface area contributed by atoms with E-state index in [0.717, 1.165) is 0 Å². The summed E-state index contributed by atoms with van der Waals surface area (Å²) in [5.41, 5.74) is 0. The van der Waals surface area contributed by atoms with Crippen molar-refractivity contribution >= 4 is 29.1 Å². The fourth-order valence-corrected chi connectivity index (χ4v) is 4.07. The van der Waals surface area contributed by atoms with Gasteiger partial charge >= 0.3 is 6.36 Å². The second-order valence-corrected chi connectivity index (χ2v) is 8.81. The van der Waals surface area contributed by atoms with Crippen molar-refractivity contribution < 1.29 is 31.9 Å². The number of piperidine rings is 1. The molecular weight excluding hydrogens is 488 g/mol. The van der Waals surface area contributed by atoms with Gasteiger partial charge in [-0.2, -0.15) is 0 Å². The van der Waals surface area contributed by atoms with Crippen LogP contribution in [0, 0.1) is 0 Å². The summed E-state index contributed by atoms with van der Waals surface area (Å²) >= 11 is 11.8. The molecule has 0 radical (unpaired) electrons. The van der Waals surface area contributed by atoms with Crippen molar-refractivity contribution in [2.75, 3.05) is 13.2 Å². The van der Waals surface area contributed by atoms with E-state index in [0.29, 0.717) is 47.0 Å². The predicted octanol–water partition coefficient (Wildman–Crippen LogP) is 4.15. The molecule has 0 spiro atoms. The van der Waals surface area contributed by atoms with Gasteiger partial charge in [0.1, 0.15) is 5.75 Å². The van der Waals surface area contributed by atoms with Crippen molar-refractivity contribution in [2.45, 2.75) is 56.2 Å². The molecule has 1 saturated heterocycles. The van der Waals surface area contributed by atoms with Gasteiger partial charge < -0.3 is 19.8 Å². The highest BCUT2D eigenvalue weighted by atomic mass is 35.5. The number of hydrogen-bond donors (Lipinski definition) is 2. The van der Waals surface area contributed by atoms with Gasteiger partial charge in [0.25, 0.3) is 5.91 Å². The average Bonchev–Trinajstić information content (AvgIpc) is 3.21. The SMILES string of the molecule is O=C(COc1ccc(Cl)c(Cl)c1)N[C@H]1CC[C@H](c2nnc([C@H]3C[C@@H](OC(F)(F)F)C3)o2)NC1. The number of ether oxygens (including phenoxy) is 2. The van der Waals surface area contributed by atoms with Crippen LogP contribution in [0.1, 0.15) is 49.4 Å². The summed E-state index contributed by atoms with van der Waals surface area (Å²) in [7, 11) is 0. The molecule has 1 amide bonds. The van der Waals surface area contributed by atoms with Crippen LogP contribution >= 0.6 is 23.2 Å². The summed E-state index contributed by atoms with van der Waals surface area (Å²) in [6.07, 6.45) is -3.80. The molecule has 2 fully saturated rings. The Bertz CT molecular complexity index is 976. The first-order valence-electron chi connectivity index (χ1n) is 10.3. The normalized spacial score (nSPS) is 25.4. The third-order valence-corrected chi connectivity index (χ3v) is 6.28. The van der Waals surface area contributed by atoms with E-state index in [2.05, 4.69) is 25.6 Å². The van der Waals surface area contributed by atoms with E-state index in [1.54, 1.807) is 12.1 Å². The van der Waals surface area contributed by atoms with Crippen LogP contribution in [0.15, 0.2) is 22.6 Å². The third kappa shape index (κ3) is 6.50. The van der Waals surface area contributed by atoms with E-state index < -0.39 is 12.5 Å². The lowest BCUT2D eigenvalue weighted by Crippen LogP contribution is -2.48. The van der Waals surface area contributed by atoms with E-state index in [4.69, 9.17) is 32.4 Å². The molecule has 13 heteroatoms. The van der Waals surface area contributed by atoms with Crippen molar-refractivity contribution in [3.05, 3.63) is 40.0 Å². The van der Waals surface area contributed by atoms with Crippen LogP contribution in [-0.2, 0) is 9.53 Å². The monoisotopic (exact) mass is 508 g/mol. The zero-order valence-corrected chi connectivity index (χ0v) is 18.7. The maximum Gasteiger partial charge on any atom is 0.522 e. The smallest absolute Gasteiger partial charge is 0.484 e. The molecular formula is C20H21Cl2F3N4O4. The van der Waals surface area contributed by atoms with E-state index in [-0.39, 0.29) is 43.4 Å². The minimum atomic E-state index is -4.64. The number of amides is 1. The highest BCUT2D eigenvalue weighted by Gasteiger charge is 2.42. The summed E-state index contributed by atoms with van der Waals surface area (Å²) in [4.78, 5) is 12.2. The number of rotatable bonds is 7. The fourth-order valence-electron chi connectivity index (χ4n) is 3.78. The standard InChI is InChI=1S/C20H21Cl2F3N4O4/c21-14-3-2-12(7-15(14)22)31-9-17(30)27-11-1-4-16(26-8-11)19-29-28-18(32-19)10-5-13(6-10)33-20(23,24)25/h2-3,7,10-11,13,16,26H,1,4-6,8-9H2,(H,27,30)/t10-,11-,13+,16+/m0/s1. The molecule has 1 aromatic carbocycles. The molecule has 2 aliphatic rings. The fraction of sp³-hybridized carbons (Fsp3) is 0.550. The first kappa shape index (κ1) is 24.1. The molecule has 2 aromatic rings. The van der Waals surface area contributed by atoms with Gasteiger partial charge in [-0.25, -0.2) is 0 Å². The van der Waals surface area contributed by atoms with Gasteiger partial charge in [-0.1, -0.05) is 23.2 Å². The Morgan fingerprint density at radius 1 is 1.18 bits per heavy atom. The summed E-state index contributed by atoms with van der Waals surface area (Å²) in [5, 5.41) is 14.9. The molecule has 0 bridgehead atoms. The Morgan fingerprint density at radius 2 is 1.94 bits per heavy atom. The summed E-state index contributed by atoms with van der Waals surface area (Å²) in [6.45, 7) is 0.331. The Labute approximate surface area is 197 Å². The number of halogens is 5. The van der Waals surface area contributed by atoms with Crippen molar-refractivity contribution in [2.24, 2.45) is 0 Å².